The first-order chi connectivity index (χ1) is 9.19. The summed E-state index contributed by atoms with van der Waals surface area (Å²) in [7, 11) is 0. The van der Waals surface area contributed by atoms with Gasteiger partial charge in [0.2, 0.25) is 0 Å². The Morgan fingerprint density at radius 3 is 2.89 bits per heavy atom. The number of ether oxygens (including phenoxy) is 1. The molecular weight excluding hydrogens is 247 g/mol. The molecule has 0 aliphatic rings. The van der Waals surface area contributed by atoms with E-state index in [9.17, 15) is 4.39 Å². The molecule has 1 aromatic carbocycles. The Morgan fingerprint density at radius 1 is 1.42 bits per heavy atom. The van der Waals surface area contributed by atoms with E-state index in [-0.39, 0.29) is 5.56 Å². The van der Waals surface area contributed by atoms with Crippen LogP contribution in [0.15, 0.2) is 30.5 Å². The molecule has 2 N–H and O–H groups in total. The highest BCUT2D eigenvalue weighted by molar-refractivity contribution is 5.36. The van der Waals surface area contributed by atoms with Gasteiger partial charge in [-0.05, 0) is 18.2 Å². The smallest absolute Gasteiger partial charge is 0.145 e. The van der Waals surface area contributed by atoms with E-state index in [0.717, 1.165) is 6.42 Å². The highest BCUT2D eigenvalue weighted by Gasteiger charge is 2.03. The van der Waals surface area contributed by atoms with E-state index in [1.165, 1.54) is 12.1 Å². The van der Waals surface area contributed by atoms with Crippen LogP contribution < -0.4 is 10.5 Å². The van der Waals surface area contributed by atoms with Crippen LogP contribution in [-0.2, 0) is 6.54 Å². The lowest BCUT2D eigenvalue weighted by atomic mass is 10.2. The molecule has 0 aliphatic heterocycles. The Bertz CT molecular complexity index is 603. The zero-order valence-corrected chi connectivity index (χ0v) is 10.2. The summed E-state index contributed by atoms with van der Waals surface area (Å²) < 4.78 is 20.4. The Balaban J connectivity index is 1.80. The molecule has 0 spiro atoms. The van der Waals surface area contributed by atoms with Crippen LogP contribution in [0.4, 0.5) is 10.2 Å². The molecule has 2 rings (SSSR count). The lowest BCUT2D eigenvalue weighted by Gasteiger charge is -2.06. The zero-order chi connectivity index (χ0) is 13.7. The molecule has 19 heavy (non-hydrogen) atoms. The normalized spacial score (nSPS) is 10.1. The van der Waals surface area contributed by atoms with Gasteiger partial charge in [-0.3, -0.25) is 4.68 Å². The lowest BCUT2D eigenvalue weighted by Crippen LogP contribution is -2.05. The van der Waals surface area contributed by atoms with Crippen molar-refractivity contribution in [3.63, 3.8) is 0 Å². The molecule has 0 saturated heterocycles. The molecule has 0 aliphatic carbocycles. The molecule has 0 bridgehead atoms. The van der Waals surface area contributed by atoms with Gasteiger partial charge in [0.1, 0.15) is 23.5 Å². The topological polar surface area (TPSA) is 76.9 Å². The van der Waals surface area contributed by atoms with Crippen molar-refractivity contribution in [2.45, 2.75) is 13.0 Å². The number of halogens is 1. The van der Waals surface area contributed by atoms with E-state index in [1.807, 2.05) is 0 Å². The van der Waals surface area contributed by atoms with Gasteiger partial charge in [0.15, 0.2) is 0 Å². The summed E-state index contributed by atoms with van der Waals surface area (Å²) in [6, 6.07) is 7.67. The molecule has 0 fully saturated rings. The number of nitrogen functional groups attached to an aromatic ring is 1. The van der Waals surface area contributed by atoms with Gasteiger partial charge >= 0.3 is 0 Å². The SMILES string of the molecule is N#Cc1ccc(OCCCn2ccc(N)n2)cc1F. The molecule has 1 aromatic heterocycles. The zero-order valence-electron chi connectivity index (χ0n) is 10.2. The van der Waals surface area contributed by atoms with Gasteiger partial charge in [-0.2, -0.15) is 10.4 Å². The molecule has 1 heterocycles. The third-order valence-electron chi connectivity index (χ3n) is 2.52. The number of nitriles is 1. The minimum absolute atomic E-state index is 0.0133. The number of anilines is 1. The Hall–Kier alpha value is -2.55. The third-order valence-corrected chi connectivity index (χ3v) is 2.52. The van der Waals surface area contributed by atoms with Gasteiger partial charge < -0.3 is 10.5 Å². The predicted molar refractivity (Wildman–Crippen MR) is 67.9 cm³/mol. The van der Waals surface area contributed by atoms with E-state index in [2.05, 4.69) is 5.10 Å². The average Bonchev–Trinajstić information content (AvgIpc) is 2.81. The second-order valence-corrected chi connectivity index (χ2v) is 3.96. The van der Waals surface area contributed by atoms with Crippen molar-refractivity contribution in [2.24, 2.45) is 0 Å². The third kappa shape index (κ3) is 3.45. The van der Waals surface area contributed by atoms with Gasteiger partial charge in [0.05, 0.1) is 12.2 Å². The Labute approximate surface area is 110 Å². The summed E-state index contributed by atoms with van der Waals surface area (Å²) in [5.74, 6) is 0.325. The molecule has 0 atom stereocenters. The number of hydrogen-bond acceptors (Lipinski definition) is 4. The van der Waals surface area contributed by atoms with Gasteiger partial charge in [0, 0.05) is 25.2 Å². The minimum atomic E-state index is -0.570. The summed E-state index contributed by atoms with van der Waals surface area (Å²) in [4.78, 5) is 0. The summed E-state index contributed by atoms with van der Waals surface area (Å²) in [6.07, 6.45) is 2.51. The number of benzene rings is 1. The monoisotopic (exact) mass is 260 g/mol. The van der Waals surface area contributed by atoms with Crippen LogP contribution in [0.1, 0.15) is 12.0 Å². The predicted octanol–water partition coefficient (Wildman–Crippen LogP) is 1.95. The van der Waals surface area contributed by atoms with Crippen molar-refractivity contribution in [1.29, 1.82) is 5.26 Å². The van der Waals surface area contributed by atoms with Gasteiger partial charge in [-0.15, -0.1) is 0 Å². The fourth-order valence-corrected chi connectivity index (χ4v) is 1.59. The maximum absolute atomic E-state index is 13.3. The molecule has 6 heteroatoms. The second-order valence-electron chi connectivity index (χ2n) is 3.96. The lowest BCUT2D eigenvalue weighted by molar-refractivity contribution is 0.297. The number of nitrogens with zero attached hydrogens (tertiary/aromatic N) is 3. The van der Waals surface area contributed by atoms with Gasteiger partial charge in [0.25, 0.3) is 0 Å². The van der Waals surface area contributed by atoms with Crippen LogP contribution in [0.2, 0.25) is 0 Å². The molecule has 5 nitrogen and oxygen atoms in total. The quantitative estimate of drug-likeness (QED) is 0.833. The number of hydrogen-bond donors (Lipinski definition) is 1. The van der Waals surface area contributed by atoms with Crippen LogP contribution in [0.25, 0.3) is 0 Å². The number of aryl methyl sites for hydroxylation is 1. The van der Waals surface area contributed by atoms with Crippen molar-refractivity contribution in [3.8, 4) is 11.8 Å². The van der Waals surface area contributed by atoms with Gasteiger partial charge in [-0.1, -0.05) is 0 Å². The molecule has 0 saturated carbocycles. The molecule has 2 aromatic rings. The molecule has 0 radical (unpaired) electrons. The van der Waals surface area contributed by atoms with E-state index in [4.69, 9.17) is 15.7 Å². The maximum Gasteiger partial charge on any atom is 0.145 e. The van der Waals surface area contributed by atoms with Crippen molar-refractivity contribution >= 4 is 5.82 Å². The number of nitrogens with two attached hydrogens (primary N) is 1. The number of rotatable bonds is 5. The summed E-state index contributed by atoms with van der Waals surface area (Å²) in [5.41, 5.74) is 5.50. The highest BCUT2D eigenvalue weighted by Crippen LogP contribution is 2.16. The molecule has 0 amide bonds. The summed E-state index contributed by atoms with van der Waals surface area (Å²) in [6.45, 7) is 1.11. The fourth-order valence-electron chi connectivity index (χ4n) is 1.59. The first-order valence-corrected chi connectivity index (χ1v) is 5.80. The summed E-state index contributed by atoms with van der Waals surface area (Å²) >= 11 is 0. The minimum Gasteiger partial charge on any atom is -0.493 e. The standard InChI is InChI=1S/C13H13FN4O/c14-12-8-11(3-2-10(12)9-15)19-7-1-5-18-6-4-13(16)17-18/h2-4,6,8H,1,5,7H2,(H2,16,17). The molecular formula is C13H13FN4O. The van der Waals surface area contributed by atoms with Crippen LogP contribution in [0.3, 0.4) is 0 Å². The number of aromatic nitrogens is 2. The van der Waals surface area contributed by atoms with Crippen molar-refractivity contribution in [1.82, 2.24) is 9.78 Å². The maximum atomic E-state index is 13.3. The largest absolute Gasteiger partial charge is 0.493 e. The second kappa shape index (κ2) is 5.87. The Kier molecular flexibility index (Phi) is 3.98. The highest BCUT2D eigenvalue weighted by atomic mass is 19.1. The first kappa shape index (κ1) is 12.9. The first-order valence-electron chi connectivity index (χ1n) is 5.80. The van der Waals surface area contributed by atoms with Crippen molar-refractivity contribution < 1.29 is 9.13 Å². The Morgan fingerprint density at radius 2 is 2.26 bits per heavy atom. The molecule has 98 valence electrons. The van der Waals surface area contributed by atoms with Crippen LogP contribution >= 0.6 is 0 Å². The van der Waals surface area contributed by atoms with Crippen LogP contribution in [0, 0.1) is 17.1 Å². The van der Waals surface area contributed by atoms with E-state index < -0.39 is 5.82 Å². The van der Waals surface area contributed by atoms with E-state index >= 15 is 0 Å². The van der Waals surface area contributed by atoms with E-state index in [0.29, 0.717) is 24.7 Å². The van der Waals surface area contributed by atoms with Crippen molar-refractivity contribution in [3.05, 3.63) is 41.8 Å². The summed E-state index contributed by atoms with van der Waals surface area (Å²) in [5, 5.41) is 12.6. The fraction of sp³-hybridized carbons (Fsp3) is 0.231. The van der Waals surface area contributed by atoms with Gasteiger partial charge in [-0.25, -0.2) is 4.39 Å². The van der Waals surface area contributed by atoms with Crippen LogP contribution in [-0.4, -0.2) is 16.4 Å². The molecule has 0 unspecified atom stereocenters. The average molecular weight is 260 g/mol. The van der Waals surface area contributed by atoms with Crippen molar-refractivity contribution in [2.75, 3.05) is 12.3 Å². The van der Waals surface area contributed by atoms with Crippen LogP contribution in [0.5, 0.6) is 5.75 Å². The van der Waals surface area contributed by atoms with E-state index in [1.54, 1.807) is 29.1 Å².